The fourth-order valence-corrected chi connectivity index (χ4v) is 4.29. The molecule has 0 bridgehead atoms. The average molecular weight is 444 g/mol. The van der Waals surface area contributed by atoms with Crippen molar-refractivity contribution >= 4 is 6.09 Å². The highest BCUT2D eigenvalue weighted by molar-refractivity contribution is 5.70. The van der Waals surface area contributed by atoms with E-state index in [2.05, 4.69) is 0 Å². The van der Waals surface area contributed by atoms with E-state index in [0.717, 1.165) is 29.5 Å². The molecule has 1 aliphatic heterocycles. The van der Waals surface area contributed by atoms with Gasteiger partial charge in [-0.05, 0) is 57.7 Å². The fourth-order valence-electron chi connectivity index (χ4n) is 4.29. The van der Waals surface area contributed by atoms with E-state index in [1.807, 2.05) is 58.0 Å². The van der Waals surface area contributed by atoms with Gasteiger partial charge in [0.2, 0.25) is 0 Å². The summed E-state index contributed by atoms with van der Waals surface area (Å²) in [6.07, 6.45) is 0.830. The molecule has 1 saturated heterocycles. The number of benzene rings is 2. The number of carbonyl (C=O) groups is 1. The summed E-state index contributed by atoms with van der Waals surface area (Å²) in [5.74, 6) is -0.362. The highest BCUT2D eigenvalue weighted by Gasteiger charge is 2.34. The second kappa shape index (κ2) is 10.5. The van der Waals surface area contributed by atoms with Gasteiger partial charge in [0.15, 0.2) is 0 Å². The number of carbonyl (C=O) groups excluding carboxylic acids is 1. The van der Waals surface area contributed by atoms with E-state index in [1.54, 1.807) is 11.0 Å². The van der Waals surface area contributed by atoms with Gasteiger partial charge in [-0.1, -0.05) is 42.0 Å². The maximum atomic E-state index is 15.1. The lowest BCUT2D eigenvalue weighted by Crippen LogP contribution is -2.44. The summed E-state index contributed by atoms with van der Waals surface area (Å²) in [6, 6.07) is 12.8. The Morgan fingerprint density at radius 3 is 2.69 bits per heavy atom. The molecule has 1 aliphatic rings. The summed E-state index contributed by atoms with van der Waals surface area (Å²) < 4.78 is 26.8. The Bertz CT molecular complexity index is 924. The van der Waals surface area contributed by atoms with Crippen LogP contribution in [0.2, 0.25) is 0 Å². The van der Waals surface area contributed by atoms with E-state index >= 15 is 4.39 Å². The molecule has 1 N–H and O–H groups in total. The summed E-state index contributed by atoms with van der Waals surface area (Å²) in [4.78, 5) is 14.4. The Morgan fingerprint density at radius 1 is 1.25 bits per heavy atom. The zero-order chi connectivity index (χ0) is 23.3. The van der Waals surface area contributed by atoms with Gasteiger partial charge in [0.05, 0.1) is 19.3 Å². The Morgan fingerprint density at radius 2 is 2.00 bits per heavy atom. The van der Waals surface area contributed by atoms with Crippen LogP contribution >= 0.6 is 0 Å². The third-order valence-electron chi connectivity index (χ3n) is 5.59. The van der Waals surface area contributed by atoms with Gasteiger partial charge >= 0.3 is 6.09 Å². The molecule has 1 heterocycles. The van der Waals surface area contributed by atoms with Crippen molar-refractivity contribution in [2.45, 2.75) is 52.2 Å². The maximum Gasteiger partial charge on any atom is 0.410 e. The van der Waals surface area contributed by atoms with Gasteiger partial charge in [-0.15, -0.1) is 0 Å². The number of halogens is 1. The molecule has 0 spiro atoms. The number of piperidine rings is 1. The minimum absolute atomic E-state index is 0.0480. The molecule has 2 atom stereocenters. The Labute approximate surface area is 190 Å². The van der Waals surface area contributed by atoms with E-state index in [4.69, 9.17) is 9.47 Å². The lowest BCUT2D eigenvalue weighted by molar-refractivity contribution is -0.0346. The van der Waals surface area contributed by atoms with Crippen molar-refractivity contribution in [3.05, 3.63) is 59.4 Å². The Balaban J connectivity index is 1.95. The van der Waals surface area contributed by atoms with Crippen LogP contribution in [0.4, 0.5) is 9.18 Å². The van der Waals surface area contributed by atoms with Crippen LogP contribution in [0.3, 0.4) is 0 Å². The predicted octanol–water partition coefficient (Wildman–Crippen LogP) is 5.50. The monoisotopic (exact) mass is 443 g/mol. The Hall–Kier alpha value is -2.44. The number of hydrogen-bond donors (Lipinski definition) is 1. The van der Waals surface area contributed by atoms with Crippen LogP contribution in [-0.4, -0.2) is 48.0 Å². The van der Waals surface area contributed by atoms with Crippen LogP contribution in [0, 0.1) is 18.7 Å². The SMILES string of the molecule is Cc1cccc(-c2c(F)cccc2C(OCCO)C2CCCN(C(=O)OC(C)(C)C)C2)c1. The number of nitrogens with zero attached hydrogens (tertiary/aromatic N) is 1. The summed E-state index contributed by atoms with van der Waals surface area (Å²) in [5, 5.41) is 9.42. The molecule has 1 amide bonds. The second-order valence-electron chi connectivity index (χ2n) is 9.42. The first-order valence-electron chi connectivity index (χ1n) is 11.3. The minimum atomic E-state index is -0.572. The topological polar surface area (TPSA) is 59.0 Å². The van der Waals surface area contributed by atoms with Crippen molar-refractivity contribution in [2.24, 2.45) is 5.92 Å². The number of aryl methyl sites for hydroxylation is 1. The molecule has 1 fully saturated rings. The third-order valence-corrected chi connectivity index (χ3v) is 5.59. The molecule has 3 rings (SSSR count). The van der Waals surface area contributed by atoms with Crippen LogP contribution < -0.4 is 0 Å². The summed E-state index contributed by atoms with van der Waals surface area (Å²) in [6.45, 7) is 8.59. The standard InChI is InChI=1S/C26H34FNO4/c1-18-8-5-9-19(16-18)23-21(11-6-12-22(23)27)24(31-15-14-29)20-10-7-13-28(17-20)25(30)32-26(2,3)4/h5-6,8-9,11-12,16,20,24,29H,7,10,13-15,17H2,1-4H3. The first kappa shape index (κ1) is 24.2. The van der Waals surface area contributed by atoms with Gasteiger partial charge in [0.1, 0.15) is 11.4 Å². The smallest absolute Gasteiger partial charge is 0.410 e. The minimum Gasteiger partial charge on any atom is -0.444 e. The normalized spacial score (nSPS) is 17.8. The van der Waals surface area contributed by atoms with Crippen molar-refractivity contribution in [1.82, 2.24) is 4.90 Å². The molecule has 174 valence electrons. The first-order valence-corrected chi connectivity index (χ1v) is 11.3. The van der Waals surface area contributed by atoms with Crippen LogP contribution in [0.25, 0.3) is 11.1 Å². The van der Waals surface area contributed by atoms with Gasteiger partial charge in [-0.3, -0.25) is 0 Å². The van der Waals surface area contributed by atoms with Gasteiger partial charge in [-0.2, -0.15) is 0 Å². The summed E-state index contributed by atoms with van der Waals surface area (Å²) in [5.41, 5.74) is 2.50. The number of rotatable bonds is 6. The fraction of sp³-hybridized carbons (Fsp3) is 0.500. The number of aliphatic hydroxyl groups is 1. The van der Waals surface area contributed by atoms with E-state index in [9.17, 15) is 9.90 Å². The van der Waals surface area contributed by atoms with Gasteiger partial charge in [0, 0.05) is 24.6 Å². The molecule has 2 unspecified atom stereocenters. The second-order valence-corrected chi connectivity index (χ2v) is 9.42. The van der Waals surface area contributed by atoms with Crippen LogP contribution in [0.1, 0.15) is 50.8 Å². The number of aliphatic hydroxyl groups excluding tert-OH is 1. The molecule has 0 saturated carbocycles. The van der Waals surface area contributed by atoms with Gasteiger partial charge in [-0.25, -0.2) is 9.18 Å². The van der Waals surface area contributed by atoms with E-state index in [0.29, 0.717) is 18.7 Å². The molecular formula is C26H34FNO4. The summed E-state index contributed by atoms with van der Waals surface area (Å²) in [7, 11) is 0. The van der Waals surface area contributed by atoms with Crippen LogP contribution in [0.15, 0.2) is 42.5 Å². The molecule has 5 nitrogen and oxygen atoms in total. The van der Waals surface area contributed by atoms with Crippen LogP contribution in [-0.2, 0) is 9.47 Å². The maximum absolute atomic E-state index is 15.1. The van der Waals surface area contributed by atoms with Crippen molar-refractivity contribution in [1.29, 1.82) is 0 Å². The largest absolute Gasteiger partial charge is 0.444 e. The number of hydrogen-bond acceptors (Lipinski definition) is 4. The summed E-state index contributed by atoms with van der Waals surface area (Å²) >= 11 is 0. The van der Waals surface area contributed by atoms with Gasteiger partial charge < -0.3 is 19.5 Å². The predicted molar refractivity (Wildman–Crippen MR) is 123 cm³/mol. The quantitative estimate of drug-likeness (QED) is 0.641. The molecule has 0 aromatic heterocycles. The molecular weight excluding hydrogens is 409 g/mol. The number of likely N-dealkylation sites (tertiary alicyclic amines) is 1. The van der Waals surface area contributed by atoms with Gasteiger partial charge in [0.25, 0.3) is 0 Å². The number of ether oxygens (including phenoxy) is 2. The Kier molecular flexibility index (Phi) is 7.91. The van der Waals surface area contributed by atoms with Crippen molar-refractivity contribution in [2.75, 3.05) is 26.3 Å². The molecule has 0 radical (unpaired) electrons. The molecule has 2 aromatic rings. The lowest BCUT2D eigenvalue weighted by atomic mass is 9.84. The zero-order valence-electron chi connectivity index (χ0n) is 19.4. The molecule has 2 aromatic carbocycles. The van der Waals surface area contributed by atoms with Crippen molar-refractivity contribution in [3.8, 4) is 11.1 Å². The van der Waals surface area contributed by atoms with E-state index in [1.165, 1.54) is 6.07 Å². The van der Waals surface area contributed by atoms with E-state index in [-0.39, 0.29) is 31.0 Å². The zero-order valence-corrected chi connectivity index (χ0v) is 19.4. The van der Waals surface area contributed by atoms with Crippen molar-refractivity contribution < 1.29 is 23.8 Å². The first-order chi connectivity index (χ1) is 15.2. The van der Waals surface area contributed by atoms with Crippen molar-refractivity contribution in [3.63, 3.8) is 0 Å². The van der Waals surface area contributed by atoms with Crippen LogP contribution in [0.5, 0.6) is 0 Å². The number of amides is 1. The lowest BCUT2D eigenvalue weighted by Gasteiger charge is -2.38. The highest BCUT2D eigenvalue weighted by atomic mass is 19.1. The average Bonchev–Trinajstić information content (AvgIpc) is 2.73. The third kappa shape index (κ3) is 6.08. The highest BCUT2D eigenvalue weighted by Crippen LogP contribution is 2.39. The van der Waals surface area contributed by atoms with E-state index < -0.39 is 11.7 Å². The molecule has 0 aliphatic carbocycles. The molecule has 6 heteroatoms. The molecule has 32 heavy (non-hydrogen) atoms.